The van der Waals surface area contributed by atoms with E-state index in [0.29, 0.717) is 0 Å². The van der Waals surface area contributed by atoms with E-state index in [-0.39, 0.29) is 0 Å². The highest BCUT2D eigenvalue weighted by atomic mass is 79.9. The number of hydrogen-bond acceptors (Lipinski definition) is 2. The van der Waals surface area contributed by atoms with Crippen LogP contribution in [-0.2, 0) is 25.8 Å². The zero-order chi connectivity index (χ0) is 15.0. The summed E-state index contributed by atoms with van der Waals surface area (Å²) in [6.45, 7) is 6.49. The highest BCUT2D eigenvalue weighted by Gasteiger charge is 2.23. The first-order valence-electron chi connectivity index (χ1n) is 7.71. The number of nitrogens with zero attached hydrogens (tertiary/aromatic N) is 3. The molecule has 0 aliphatic carbocycles. The Kier molecular flexibility index (Phi) is 4.18. The Bertz CT molecular complexity index is 638. The van der Waals surface area contributed by atoms with Gasteiger partial charge in [0.15, 0.2) is 0 Å². The van der Waals surface area contributed by atoms with Crippen molar-refractivity contribution in [2.24, 2.45) is 0 Å². The predicted molar refractivity (Wildman–Crippen MR) is 90.1 cm³/mol. The fraction of sp³-hybridized carbons (Fsp3) is 0.471. The van der Waals surface area contributed by atoms with Crippen LogP contribution in [0.15, 0.2) is 22.8 Å². The fourth-order valence-corrected chi connectivity index (χ4v) is 3.72. The lowest BCUT2D eigenvalue weighted by Gasteiger charge is -2.21. The highest BCUT2D eigenvalue weighted by molar-refractivity contribution is 9.10. The number of aryl methyl sites for hydroxylation is 2. The van der Waals surface area contributed by atoms with Crippen LogP contribution >= 0.6 is 15.9 Å². The molecule has 0 unspecified atom stereocenters. The maximum Gasteiger partial charge on any atom is 0.114 e. The van der Waals surface area contributed by atoms with Gasteiger partial charge in [-0.1, -0.05) is 32.0 Å². The lowest BCUT2D eigenvalue weighted by atomic mass is 10.0. The number of fused-ring (bicyclic) bond motifs is 1. The second-order valence-electron chi connectivity index (χ2n) is 5.75. The summed E-state index contributed by atoms with van der Waals surface area (Å²) in [5, 5.41) is 4.92. The first kappa shape index (κ1) is 14.8. The zero-order valence-electron chi connectivity index (χ0n) is 13.0. The molecule has 3 nitrogen and oxygen atoms in total. The van der Waals surface area contributed by atoms with Crippen molar-refractivity contribution in [3.05, 3.63) is 45.2 Å². The molecule has 0 atom stereocenters. The van der Waals surface area contributed by atoms with Crippen LogP contribution in [0.3, 0.4) is 0 Å². The molecular formula is C17H22BrN3. The summed E-state index contributed by atoms with van der Waals surface area (Å²) in [5.74, 6) is 0. The monoisotopic (exact) mass is 347 g/mol. The topological polar surface area (TPSA) is 21.1 Å². The van der Waals surface area contributed by atoms with Gasteiger partial charge in [-0.25, -0.2) is 4.68 Å². The summed E-state index contributed by atoms with van der Waals surface area (Å²) in [7, 11) is 2.17. The van der Waals surface area contributed by atoms with Crippen LogP contribution in [0.25, 0.3) is 5.69 Å². The van der Waals surface area contributed by atoms with Gasteiger partial charge in [-0.2, -0.15) is 5.10 Å². The number of para-hydroxylation sites is 1. The number of likely N-dealkylation sites (N-methyl/N-ethyl adjacent to an activating group) is 1. The van der Waals surface area contributed by atoms with Crippen LogP contribution in [0.1, 0.15) is 36.2 Å². The number of benzene rings is 1. The molecule has 0 amide bonds. The van der Waals surface area contributed by atoms with Gasteiger partial charge in [-0.05, 0) is 46.9 Å². The van der Waals surface area contributed by atoms with Crippen molar-refractivity contribution in [2.45, 2.75) is 39.7 Å². The molecule has 0 N–H and O–H groups in total. The van der Waals surface area contributed by atoms with Gasteiger partial charge in [0.2, 0.25) is 0 Å². The molecule has 1 aromatic carbocycles. The van der Waals surface area contributed by atoms with Crippen molar-refractivity contribution in [1.29, 1.82) is 0 Å². The van der Waals surface area contributed by atoms with Crippen molar-refractivity contribution in [3.8, 4) is 5.69 Å². The molecule has 112 valence electrons. The van der Waals surface area contributed by atoms with Gasteiger partial charge in [0.1, 0.15) is 4.60 Å². The molecule has 0 fully saturated rings. The third kappa shape index (κ3) is 2.55. The van der Waals surface area contributed by atoms with Crippen LogP contribution in [0.2, 0.25) is 0 Å². The molecular weight excluding hydrogens is 326 g/mol. The average molecular weight is 348 g/mol. The molecule has 1 aliphatic rings. The van der Waals surface area contributed by atoms with E-state index >= 15 is 0 Å². The lowest BCUT2D eigenvalue weighted by Crippen LogP contribution is -2.26. The van der Waals surface area contributed by atoms with Gasteiger partial charge < -0.3 is 4.90 Å². The minimum absolute atomic E-state index is 0.978. The third-order valence-corrected chi connectivity index (χ3v) is 5.15. The molecule has 21 heavy (non-hydrogen) atoms. The molecule has 1 aromatic heterocycles. The summed E-state index contributed by atoms with van der Waals surface area (Å²) in [5.41, 5.74) is 6.59. The van der Waals surface area contributed by atoms with Crippen LogP contribution in [0, 0.1) is 0 Å². The van der Waals surface area contributed by atoms with E-state index < -0.39 is 0 Å². The van der Waals surface area contributed by atoms with E-state index in [1.54, 1.807) is 0 Å². The van der Waals surface area contributed by atoms with Crippen molar-refractivity contribution in [3.63, 3.8) is 0 Å². The Morgan fingerprint density at radius 2 is 1.86 bits per heavy atom. The van der Waals surface area contributed by atoms with E-state index in [0.717, 1.165) is 37.0 Å². The molecule has 0 radical (unpaired) electrons. The summed E-state index contributed by atoms with van der Waals surface area (Å²) < 4.78 is 3.25. The maximum absolute atomic E-state index is 4.92. The Hall–Kier alpha value is -1.13. The van der Waals surface area contributed by atoms with E-state index in [1.807, 2.05) is 0 Å². The lowest BCUT2D eigenvalue weighted by molar-refractivity contribution is 0.311. The fourth-order valence-electron chi connectivity index (χ4n) is 3.11. The van der Waals surface area contributed by atoms with Gasteiger partial charge in [0, 0.05) is 25.1 Å². The van der Waals surface area contributed by atoms with Gasteiger partial charge in [0.25, 0.3) is 0 Å². The zero-order valence-corrected chi connectivity index (χ0v) is 14.6. The van der Waals surface area contributed by atoms with E-state index in [4.69, 9.17) is 5.10 Å². The minimum Gasteiger partial charge on any atom is -0.302 e. The quantitative estimate of drug-likeness (QED) is 0.842. The highest BCUT2D eigenvalue weighted by Crippen LogP contribution is 2.31. The number of halogens is 1. The number of aromatic nitrogens is 2. The maximum atomic E-state index is 4.92. The van der Waals surface area contributed by atoms with Crippen molar-refractivity contribution >= 4 is 15.9 Å². The molecule has 0 bridgehead atoms. The van der Waals surface area contributed by atoms with Crippen LogP contribution in [-0.4, -0.2) is 28.3 Å². The van der Waals surface area contributed by atoms with E-state index in [2.05, 4.69) is 64.6 Å². The molecule has 3 rings (SSSR count). The third-order valence-electron chi connectivity index (χ3n) is 4.34. The summed E-state index contributed by atoms with van der Waals surface area (Å²) in [6, 6.07) is 6.59. The Morgan fingerprint density at radius 3 is 2.48 bits per heavy atom. The standard InChI is InChI=1S/C17H22BrN3/c1-4-12-7-6-8-13(5-2)16(12)21-17(18)14-11-20(3)10-9-15(14)19-21/h6-8H,4-5,9-11H2,1-3H3. The van der Waals surface area contributed by atoms with Gasteiger partial charge in [0.05, 0.1) is 11.4 Å². The molecule has 2 heterocycles. The number of hydrogen-bond donors (Lipinski definition) is 0. The second-order valence-corrected chi connectivity index (χ2v) is 6.50. The van der Waals surface area contributed by atoms with Gasteiger partial charge in [-0.3, -0.25) is 0 Å². The SMILES string of the molecule is CCc1cccc(CC)c1-n1nc2c(c1Br)CN(C)CC2. The predicted octanol–water partition coefficient (Wildman–Crippen LogP) is 3.75. The molecule has 2 aromatic rings. The van der Waals surface area contributed by atoms with E-state index in [1.165, 1.54) is 28.1 Å². The Morgan fingerprint density at radius 1 is 1.19 bits per heavy atom. The van der Waals surface area contributed by atoms with Crippen molar-refractivity contribution in [2.75, 3.05) is 13.6 Å². The minimum atomic E-state index is 0.978. The van der Waals surface area contributed by atoms with Crippen molar-refractivity contribution < 1.29 is 0 Å². The normalized spacial score (nSPS) is 15.2. The van der Waals surface area contributed by atoms with Crippen molar-refractivity contribution in [1.82, 2.24) is 14.7 Å². The first-order chi connectivity index (χ1) is 10.2. The molecule has 0 saturated heterocycles. The molecule has 0 spiro atoms. The molecule has 4 heteroatoms. The van der Waals surface area contributed by atoms with Gasteiger partial charge in [-0.15, -0.1) is 0 Å². The first-order valence-corrected chi connectivity index (χ1v) is 8.50. The van der Waals surface area contributed by atoms with Gasteiger partial charge >= 0.3 is 0 Å². The van der Waals surface area contributed by atoms with Crippen LogP contribution in [0.5, 0.6) is 0 Å². The van der Waals surface area contributed by atoms with E-state index in [9.17, 15) is 0 Å². The number of rotatable bonds is 3. The average Bonchev–Trinajstić information content (AvgIpc) is 2.83. The largest absolute Gasteiger partial charge is 0.302 e. The second kappa shape index (κ2) is 5.93. The molecule has 1 aliphatic heterocycles. The van der Waals surface area contributed by atoms with Crippen LogP contribution in [0.4, 0.5) is 0 Å². The summed E-state index contributed by atoms with van der Waals surface area (Å²) in [6.07, 6.45) is 3.09. The smallest absolute Gasteiger partial charge is 0.114 e. The Labute approximate surface area is 135 Å². The van der Waals surface area contributed by atoms with Crippen LogP contribution < -0.4 is 0 Å². The Balaban J connectivity index is 2.18. The molecule has 0 saturated carbocycles. The summed E-state index contributed by atoms with van der Waals surface area (Å²) in [4.78, 5) is 2.35. The summed E-state index contributed by atoms with van der Waals surface area (Å²) >= 11 is 3.80.